The Morgan fingerprint density at radius 2 is 1.85 bits per heavy atom. The number of aryl methyl sites for hydroxylation is 1. The molecule has 1 aliphatic rings. The molecule has 2 aromatic carbocycles. The lowest BCUT2D eigenvalue weighted by molar-refractivity contribution is 0.0724. The minimum atomic E-state index is 0.132. The summed E-state index contributed by atoms with van der Waals surface area (Å²) in [5, 5.41) is 7.01. The van der Waals surface area contributed by atoms with E-state index in [0.29, 0.717) is 11.7 Å². The van der Waals surface area contributed by atoms with Crippen molar-refractivity contribution in [3.05, 3.63) is 65.2 Å². The smallest absolute Gasteiger partial charge is 0.253 e. The van der Waals surface area contributed by atoms with Crippen molar-refractivity contribution in [2.45, 2.75) is 32.7 Å². The molecule has 0 bridgehead atoms. The molecule has 2 aromatic rings. The number of hydrogen-bond acceptors (Lipinski definition) is 2. The molecule has 1 saturated heterocycles. The maximum atomic E-state index is 12.6. The Kier molecular flexibility index (Phi) is 6.23. The van der Waals surface area contributed by atoms with Gasteiger partial charge in [-0.15, -0.1) is 0 Å². The molecule has 0 aromatic heterocycles. The fraction of sp³-hybridized carbons (Fsp3) is 0.333. The summed E-state index contributed by atoms with van der Waals surface area (Å²) in [5.74, 6) is 0.132. The molecule has 1 amide bonds. The molecule has 5 heteroatoms. The average Bonchev–Trinajstić information content (AvgIpc) is 2.68. The molecule has 1 heterocycles. The number of anilines is 1. The number of carbonyl (C=O) groups excluding carboxylic acids is 1. The van der Waals surface area contributed by atoms with Gasteiger partial charge in [-0.1, -0.05) is 30.3 Å². The number of nitrogens with zero attached hydrogens (tertiary/aromatic N) is 1. The summed E-state index contributed by atoms with van der Waals surface area (Å²) in [4.78, 5) is 14.6. The zero-order valence-electron chi connectivity index (χ0n) is 15.1. The van der Waals surface area contributed by atoms with Crippen molar-refractivity contribution in [3.63, 3.8) is 0 Å². The van der Waals surface area contributed by atoms with Crippen molar-refractivity contribution in [2.75, 3.05) is 18.4 Å². The summed E-state index contributed by atoms with van der Waals surface area (Å²) in [5.41, 5.74) is 3.94. The molecule has 2 N–H and O–H groups in total. The fourth-order valence-corrected chi connectivity index (χ4v) is 3.34. The van der Waals surface area contributed by atoms with Crippen LogP contribution in [0.5, 0.6) is 0 Å². The van der Waals surface area contributed by atoms with Gasteiger partial charge >= 0.3 is 0 Å². The van der Waals surface area contributed by atoms with Crippen LogP contribution in [0, 0.1) is 6.92 Å². The maximum absolute atomic E-state index is 12.6. The Balaban J connectivity index is 1.57. The number of benzene rings is 2. The highest BCUT2D eigenvalue weighted by molar-refractivity contribution is 7.80. The van der Waals surface area contributed by atoms with Crippen LogP contribution in [0.25, 0.3) is 0 Å². The van der Waals surface area contributed by atoms with Crippen molar-refractivity contribution in [3.8, 4) is 0 Å². The van der Waals surface area contributed by atoms with Gasteiger partial charge in [-0.25, -0.2) is 0 Å². The van der Waals surface area contributed by atoms with Crippen molar-refractivity contribution in [1.82, 2.24) is 10.2 Å². The van der Waals surface area contributed by atoms with E-state index in [1.54, 1.807) is 0 Å². The third kappa shape index (κ3) is 4.82. The SMILES string of the molecule is Cc1ccccc1NC(=S)NCc1cccc(C(=O)N2CCCCC2)c1. The summed E-state index contributed by atoms with van der Waals surface area (Å²) in [6.07, 6.45) is 3.43. The monoisotopic (exact) mass is 367 g/mol. The first kappa shape index (κ1) is 18.4. The normalized spacial score (nSPS) is 14.0. The van der Waals surface area contributed by atoms with Gasteiger partial charge in [-0.2, -0.15) is 0 Å². The second-order valence-corrected chi connectivity index (χ2v) is 7.08. The van der Waals surface area contributed by atoms with Gasteiger partial charge in [0.1, 0.15) is 0 Å². The number of hydrogen-bond donors (Lipinski definition) is 2. The third-order valence-electron chi connectivity index (χ3n) is 4.66. The zero-order valence-corrected chi connectivity index (χ0v) is 15.9. The Bertz CT molecular complexity index is 784. The maximum Gasteiger partial charge on any atom is 0.253 e. The lowest BCUT2D eigenvalue weighted by atomic mass is 10.1. The van der Waals surface area contributed by atoms with Crippen LogP contribution < -0.4 is 10.6 Å². The Morgan fingerprint density at radius 1 is 1.08 bits per heavy atom. The lowest BCUT2D eigenvalue weighted by Gasteiger charge is -2.26. The summed E-state index contributed by atoms with van der Waals surface area (Å²) < 4.78 is 0. The van der Waals surface area contributed by atoms with Crippen LogP contribution in [-0.2, 0) is 6.54 Å². The molecule has 0 unspecified atom stereocenters. The molecular formula is C21H25N3OS. The van der Waals surface area contributed by atoms with Crippen LogP contribution in [0.4, 0.5) is 5.69 Å². The minimum absolute atomic E-state index is 0.132. The van der Waals surface area contributed by atoms with Crippen molar-refractivity contribution in [1.29, 1.82) is 0 Å². The summed E-state index contributed by atoms with van der Waals surface area (Å²) in [7, 11) is 0. The highest BCUT2D eigenvalue weighted by Gasteiger charge is 2.18. The Labute approximate surface area is 160 Å². The highest BCUT2D eigenvalue weighted by Crippen LogP contribution is 2.15. The first-order valence-corrected chi connectivity index (χ1v) is 9.53. The van der Waals surface area contributed by atoms with E-state index in [1.165, 1.54) is 6.42 Å². The van der Waals surface area contributed by atoms with E-state index in [4.69, 9.17) is 12.2 Å². The Hall–Kier alpha value is -2.40. The summed E-state index contributed by atoms with van der Waals surface area (Å²) >= 11 is 5.38. The van der Waals surface area contributed by atoms with Crippen LogP contribution in [0.1, 0.15) is 40.7 Å². The first-order chi connectivity index (χ1) is 12.6. The largest absolute Gasteiger partial charge is 0.358 e. The molecule has 4 nitrogen and oxygen atoms in total. The number of para-hydroxylation sites is 1. The fourth-order valence-electron chi connectivity index (χ4n) is 3.16. The second-order valence-electron chi connectivity index (χ2n) is 6.68. The third-order valence-corrected chi connectivity index (χ3v) is 4.91. The molecule has 0 atom stereocenters. The van der Waals surface area contributed by atoms with Gasteiger partial charge in [-0.3, -0.25) is 4.79 Å². The van der Waals surface area contributed by atoms with Crippen molar-refractivity contribution < 1.29 is 4.79 Å². The second kappa shape index (κ2) is 8.81. The van der Waals surface area contributed by atoms with Crippen LogP contribution in [0.3, 0.4) is 0 Å². The number of rotatable bonds is 4. The van der Waals surface area contributed by atoms with Gasteiger partial charge in [-0.05, 0) is 67.7 Å². The van der Waals surface area contributed by atoms with E-state index in [0.717, 1.165) is 48.3 Å². The van der Waals surface area contributed by atoms with Crippen molar-refractivity contribution >= 4 is 28.9 Å². The highest BCUT2D eigenvalue weighted by atomic mass is 32.1. The number of nitrogens with one attached hydrogen (secondary N) is 2. The van der Waals surface area contributed by atoms with E-state index in [9.17, 15) is 4.79 Å². The van der Waals surface area contributed by atoms with Gasteiger partial charge < -0.3 is 15.5 Å². The average molecular weight is 368 g/mol. The predicted molar refractivity (Wildman–Crippen MR) is 110 cm³/mol. The molecule has 0 aliphatic carbocycles. The molecule has 0 saturated carbocycles. The van der Waals surface area contributed by atoms with E-state index < -0.39 is 0 Å². The molecule has 1 aliphatic heterocycles. The zero-order chi connectivity index (χ0) is 18.4. The molecular weight excluding hydrogens is 342 g/mol. The van der Waals surface area contributed by atoms with E-state index in [-0.39, 0.29) is 5.91 Å². The van der Waals surface area contributed by atoms with Gasteiger partial charge in [0.2, 0.25) is 0 Å². The van der Waals surface area contributed by atoms with Gasteiger partial charge in [0, 0.05) is 30.9 Å². The molecule has 26 heavy (non-hydrogen) atoms. The van der Waals surface area contributed by atoms with Gasteiger partial charge in [0.25, 0.3) is 5.91 Å². The quantitative estimate of drug-likeness (QED) is 0.799. The van der Waals surface area contributed by atoms with E-state index in [2.05, 4.69) is 10.6 Å². The molecule has 0 spiro atoms. The molecule has 136 valence electrons. The topological polar surface area (TPSA) is 44.4 Å². The Morgan fingerprint density at radius 3 is 2.62 bits per heavy atom. The number of carbonyl (C=O) groups is 1. The number of piperidine rings is 1. The number of likely N-dealkylation sites (tertiary alicyclic amines) is 1. The first-order valence-electron chi connectivity index (χ1n) is 9.12. The molecule has 1 fully saturated rings. The molecule has 0 radical (unpaired) electrons. The van der Waals surface area contributed by atoms with Crippen LogP contribution in [0.2, 0.25) is 0 Å². The number of amides is 1. The standard InChI is InChI=1S/C21H25N3OS/c1-16-8-3-4-11-19(16)23-21(26)22-15-17-9-7-10-18(14-17)20(25)24-12-5-2-6-13-24/h3-4,7-11,14H,2,5-6,12-13,15H2,1H3,(H2,22,23,26). The van der Waals surface area contributed by atoms with Gasteiger partial charge in [0.05, 0.1) is 0 Å². The van der Waals surface area contributed by atoms with Crippen LogP contribution >= 0.6 is 12.2 Å². The van der Waals surface area contributed by atoms with E-state index in [1.807, 2.05) is 60.4 Å². The van der Waals surface area contributed by atoms with E-state index >= 15 is 0 Å². The summed E-state index contributed by atoms with van der Waals surface area (Å²) in [6, 6.07) is 15.8. The van der Waals surface area contributed by atoms with Crippen molar-refractivity contribution in [2.24, 2.45) is 0 Å². The van der Waals surface area contributed by atoms with Gasteiger partial charge in [0.15, 0.2) is 5.11 Å². The van der Waals surface area contributed by atoms with Crippen LogP contribution in [0.15, 0.2) is 48.5 Å². The predicted octanol–water partition coefficient (Wildman–Crippen LogP) is 4.11. The van der Waals surface area contributed by atoms with Crippen LogP contribution in [-0.4, -0.2) is 29.0 Å². The molecule has 3 rings (SSSR count). The number of thiocarbonyl (C=S) groups is 1. The minimum Gasteiger partial charge on any atom is -0.358 e. The lowest BCUT2D eigenvalue weighted by Crippen LogP contribution is -2.35. The summed E-state index contributed by atoms with van der Waals surface area (Å²) in [6.45, 7) is 4.36.